The molecule has 0 radical (unpaired) electrons. The summed E-state index contributed by atoms with van der Waals surface area (Å²) in [5.41, 5.74) is 0. The molecule has 1 saturated heterocycles. The van der Waals surface area contributed by atoms with Gasteiger partial charge in [-0.15, -0.1) is 0 Å². The highest BCUT2D eigenvalue weighted by atomic mass is 32.2. The molecule has 0 saturated carbocycles. The zero-order valence-electron chi connectivity index (χ0n) is 18.3. The van der Waals surface area contributed by atoms with Gasteiger partial charge in [0.2, 0.25) is 15.9 Å². The van der Waals surface area contributed by atoms with E-state index >= 15 is 0 Å². The average molecular weight is 465 g/mol. The molecule has 1 aromatic carbocycles. The Morgan fingerprint density at radius 3 is 2.53 bits per heavy atom. The summed E-state index contributed by atoms with van der Waals surface area (Å²) >= 11 is 0. The fraction of sp³-hybridized carbons (Fsp3) is 0.476. The van der Waals surface area contributed by atoms with Gasteiger partial charge in [0.05, 0.1) is 24.7 Å². The number of hydrogen-bond donors (Lipinski definition) is 0. The molecule has 0 unspecified atom stereocenters. The van der Waals surface area contributed by atoms with Crippen LogP contribution in [0.25, 0.3) is 10.8 Å². The van der Waals surface area contributed by atoms with Crippen LogP contribution in [0.3, 0.4) is 0 Å². The molecule has 1 aliphatic rings. The van der Waals surface area contributed by atoms with Gasteiger partial charge < -0.3 is 19.3 Å². The van der Waals surface area contributed by atoms with Gasteiger partial charge in [-0.2, -0.15) is 4.31 Å². The van der Waals surface area contributed by atoms with Crippen molar-refractivity contribution in [1.82, 2.24) is 19.1 Å². The van der Waals surface area contributed by atoms with Gasteiger partial charge >= 0.3 is 6.09 Å². The van der Waals surface area contributed by atoms with Crippen molar-refractivity contribution in [3.63, 3.8) is 0 Å². The van der Waals surface area contributed by atoms with Gasteiger partial charge in [0.15, 0.2) is 0 Å². The van der Waals surface area contributed by atoms with E-state index in [0.29, 0.717) is 37.0 Å². The van der Waals surface area contributed by atoms with Crippen LogP contribution >= 0.6 is 0 Å². The summed E-state index contributed by atoms with van der Waals surface area (Å²) in [5.74, 6) is -0.324. The summed E-state index contributed by atoms with van der Waals surface area (Å²) in [7, 11) is -2.49. The molecule has 1 aromatic heterocycles. The number of benzene rings is 1. The number of ether oxygens (including phenoxy) is 2. The summed E-state index contributed by atoms with van der Waals surface area (Å²) in [6.07, 6.45) is 2.73. The molecule has 2 amide bonds. The summed E-state index contributed by atoms with van der Waals surface area (Å²) in [4.78, 5) is 32.1. The lowest BCUT2D eigenvalue weighted by molar-refractivity contribution is -0.133. The first-order chi connectivity index (χ1) is 15.4. The minimum atomic E-state index is -3.97. The predicted molar refractivity (Wildman–Crippen MR) is 118 cm³/mol. The third-order valence-electron chi connectivity index (χ3n) is 5.27. The Kier molecular flexibility index (Phi) is 7.99. The van der Waals surface area contributed by atoms with Crippen molar-refractivity contribution in [2.45, 2.75) is 11.8 Å². The largest absolute Gasteiger partial charge is 0.450 e. The van der Waals surface area contributed by atoms with Crippen LogP contribution in [0.2, 0.25) is 0 Å². The number of rotatable bonds is 8. The van der Waals surface area contributed by atoms with E-state index in [1.165, 1.54) is 24.3 Å². The van der Waals surface area contributed by atoms with Crippen LogP contribution in [0.1, 0.15) is 6.92 Å². The Labute approximate surface area is 187 Å². The molecule has 2 aromatic rings. The fourth-order valence-corrected chi connectivity index (χ4v) is 5.13. The van der Waals surface area contributed by atoms with Crippen molar-refractivity contribution in [2.24, 2.45) is 0 Å². The molecule has 174 valence electrons. The van der Waals surface area contributed by atoms with E-state index in [9.17, 15) is 18.0 Å². The van der Waals surface area contributed by atoms with E-state index < -0.39 is 16.1 Å². The topological polar surface area (TPSA) is 109 Å². The summed E-state index contributed by atoms with van der Waals surface area (Å²) in [6, 6.07) is 6.62. The van der Waals surface area contributed by atoms with Gasteiger partial charge in [-0.05, 0) is 19.1 Å². The standard InChI is InChI=1S/C21H28N4O6S/c1-3-31-21(27)24-11-9-23(10-12-24)20(26)16-25(13-14-30-2)32(28,29)19-6-4-5-17-15-22-8-7-18(17)19/h4-8,15H,3,9-14,16H2,1-2H3. The highest BCUT2D eigenvalue weighted by Crippen LogP contribution is 2.25. The van der Waals surface area contributed by atoms with E-state index in [0.717, 1.165) is 4.31 Å². The normalized spacial score (nSPS) is 14.7. The number of carbonyl (C=O) groups excluding carboxylic acids is 2. The molecule has 11 heteroatoms. The van der Waals surface area contributed by atoms with Crippen LogP contribution in [-0.2, 0) is 24.3 Å². The number of carbonyl (C=O) groups is 2. The Morgan fingerprint density at radius 2 is 1.84 bits per heavy atom. The first kappa shape index (κ1) is 23.9. The quantitative estimate of drug-likeness (QED) is 0.577. The monoisotopic (exact) mass is 464 g/mol. The minimum absolute atomic E-state index is 0.0365. The molecule has 1 fully saturated rings. The van der Waals surface area contributed by atoms with Gasteiger partial charge in [-0.3, -0.25) is 9.78 Å². The third-order valence-corrected chi connectivity index (χ3v) is 7.18. The molecule has 0 bridgehead atoms. The number of amides is 2. The van der Waals surface area contributed by atoms with Crippen LogP contribution in [0, 0.1) is 0 Å². The number of nitrogens with zero attached hydrogens (tertiary/aromatic N) is 4. The second-order valence-electron chi connectivity index (χ2n) is 7.25. The number of piperazine rings is 1. The molecule has 2 heterocycles. The van der Waals surface area contributed by atoms with Gasteiger partial charge in [-0.25, -0.2) is 13.2 Å². The number of fused-ring (bicyclic) bond motifs is 1. The fourth-order valence-electron chi connectivity index (χ4n) is 3.54. The first-order valence-corrected chi connectivity index (χ1v) is 11.8. The molecular formula is C21H28N4O6S. The molecule has 0 aliphatic carbocycles. The lowest BCUT2D eigenvalue weighted by Crippen LogP contribution is -2.53. The van der Waals surface area contributed by atoms with Crippen molar-refractivity contribution in [3.8, 4) is 0 Å². The van der Waals surface area contributed by atoms with Gasteiger partial charge in [0.25, 0.3) is 0 Å². The van der Waals surface area contributed by atoms with Crippen molar-refractivity contribution < 1.29 is 27.5 Å². The zero-order chi connectivity index (χ0) is 23.1. The van der Waals surface area contributed by atoms with Crippen LogP contribution in [0.4, 0.5) is 4.79 Å². The molecule has 32 heavy (non-hydrogen) atoms. The molecule has 1 aliphatic heterocycles. The average Bonchev–Trinajstić information content (AvgIpc) is 2.81. The first-order valence-electron chi connectivity index (χ1n) is 10.4. The predicted octanol–water partition coefficient (Wildman–Crippen LogP) is 1.17. The molecular weight excluding hydrogens is 436 g/mol. The number of pyridine rings is 1. The van der Waals surface area contributed by atoms with Crippen LogP contribution in [0.5, 0.6) is 0 Å². The maximum atomic E-state index is 13.5. The highest BCUT2D eigenvalue weighted by molar-refractivity contribution is 7.89. The maximum Gasteiger partial charge on any atom is 0.409 e. The van der Waals surface area contributed by atoms with Crippen LogP contribution in [0.15, 0.2) is 41.6 Å². The third kappa shape index (κ3) is 5.34. The Morgan fingerprint density at radius 1 is 1.12 bits per heavy atom. The van der Waals surface area contributed by atoms with Gasteiger partial charge in [0.1, 0.15) is 0 Å². The lowest BCUT2D eigenvalue weighted by atomic mass is 10.2. The number of aromatic nitrogens is 1. The Balaban J connectivity index is 1.76. The summed E-state index contributed by atoms with van der Waals surface area (Å²) in [5, 5.41) is 1.24. The minimum Gasteiger partial charge on any atom is -0.450 e. The van der Waals surface area contributed by atoms with Crippen molar-refractivity contribution in [1.29, 1.82) is 0 Å². The number of sulfonamides is 1. The number of methoxy groups -OCH3 is 1. The molecule has 0 atom stereocenters. The van der Waals surface area contributed by atoms with Gasteiger partial charge in [-0.1, -0.05) is 12.1 Å². The Hall–Kier alpha value is -2.76. The summed E-state index contributed by atoms with van der Waals surface area (Å²) < 4.78 is 38.2. The smallest absolute Gasteiger partial charge is 0.409 e. The second-order valence-corrected chi connectivity index (χ2v) is 9.16. The maximum absolute atomic E-state index is 13.5. The van der Waals surface area contributed by atoms with Crippen LogP contribution < -0.4 is 0 Å². The lowest BCUT2D eigenvalue weighted by Gasteiger charge is -2.35. The second kappa shape index (κ2) is 10.7. The van der Waals surface area contributed by atoms with E-state index in [4.69, 9.17) is 9.47 Å². The van der Waals surface area contributed by atoms with E-state index in [2.05, 4.69) is 4.98 Å². The van der Waals surface area contributed by atoms with E-state index in [1.54, 1.807) is 36.2 Å². The zero-order valence-corrected chi connectivity index (χ0v) is 19.1. The number of hydrogen-bond acceptors (Lipinski definition) is 7. The SMILES string of the molecule is CCOC(=O)N1CCN(C(=O)CN(CCOC)S(=O)(=O)c2cccc3cnccc23)CC1. The van der Waals surface area contributed by atoms with Gasteiger partial charge in [0, 0.05) is 63.0 Å². The molecule has 3 rings (SSSR count). The summed E-state index contributed by atoms with van der Waals surface area (Å²) in [6.45, 7) is 3.20. The molecule has 10 nitrogen and oxygen atoms in total. The Bertz CT molecular complexity index is 1050. The van der Waals surface area contributed by atoms with Crippen molar-refractivity contribution in [3.05, 3.63) is 36.7 Å². The van der Waals surface area contributed by atoms with E-state index in [1.807, 2.05) is 0 Å². The van der Waals surface area contributed by atoms with Crippen LogP contribution in [-0.4, -0.2) is 99.1 Å². The molecule has 0 spiro atoms. The van der Waals surface area contributed by atoms with Crippen molar-refractivity contribution in [2.75, 3.05) is 59.6 Å². The molecule has 0 N–H and O–H groups in total. The highest BCUT2D eigenvalue weighted by Gasteiger charge is 2.31. The van der Waals surface area contributed by atoms with Crippen molar-refractivity contribution >= 4 is 32.8 Å². The van der Waals surface area contributed by atoms with E-state index in [-0.39, 0.29) is 37.1 Å².